The molecule has 0 bridgehead atoms. The largest absolute Gasteiger partial charge is 0.103 e. The Bertz CT molecular complexity index is 313. The van der Waals surface area contributed by atoms with Crippen LogP contribution in [0.3, 0.4) is 0 Å². The summed E-state index contributed by atoms with van der Waals surface area (Å²) in [6.07, 6.45) is 10.2. The normalized spacial score (nSPS) is 14.4. The first-order valence-electron chi connectivity index (χ1n) is 5.85. The van der Waals surface area contributed by atoms with E-state index in [4.69, 9.17) is 0 Å². The molecule has 0 saturated heterocycles. The van der Waals surface area contributed by atoms with E-state index >= 15 is 0 Å². The molecule has 1 unspecified atom stereocenters. The number of rotatable bonds is 7. The van der Waals surface area contributed by atoms with Crippen LogP contribution in [0, 0.1) is 5.92 Å². The first-order chi connectivity index (χ1) is 7.58. The molecule has 0 aromatic heterocycles. The average Bonchev–Trinajstić information content (AvgIpc) is 2.25. The van der Waals surface area contributed by atoms with Crippen molar-refractivity contribution in [2.75, 3.05) is 0 Å². The topological polar surface area (TPSA) is 0 Å². The zero-order valence-electron chi connectivity index (χ0n) is 10.9. The van der Waals surface area contributed by atoms with Crippen molar-refractivity contribution in [3.8, 4) is 0 Å². The minimum absolute atomic E-state index is 0.366. The maximum atomic E-state index is 4.04. The van der Waals surface area contributed by atoms with Gasteiger partial charge in [-0.2, -0.15) is 0 Å². The van der Waals surface area contributed by atoms with E-state index in [2.05, 4.69) is 45.7 Å². The van der Waals surface area contributed by atoms with Crippen LogP contribution in [0.5, 0.6) is 0 Å². The molecule has 88 valence electrons. The molecule has 1 atom stereocenters. The van der Waals surface area contributed by atoms with E-state index in [1.165, 1.54) is 11.1 Å². The van der Waals surface area contributed by atoms with Crippen molar-refractivity contribution in [2.45, 2.75) is 33.6 Å². The van der Waals surface area contributed by atoms with Crippen LogP contribution in [-0.4, -0.2) is 0 Å². The van der Waals surface area contributed by atoms with Gasteiger partial charge in [0.05, 0.1) is 0 Å². The van der Waals surface area contributed by atoms with Crippen LogP contribution in [0.25, 0.3) is 0 Å². The lowest BCUT2D eigenvalue weighted by Crippen LogP contribution is -2.00. The standard InChI is InChI=1S/C16H24/c1-7-10-12-16(13(4)5)14(6)15(9-3)11-8-2/h8-10,12,15H,2-4,7,11H2,1,5-6H3. The lowest BCUT2D eigenvalue weighted by Gasteiger charge is -2.15. The first kappa shape index (κ1) is 14.7. The van der Waals surface area contributed by atoms with Gasteiger partial charge in [0, 0.05) is 5.92 Å². The van der Waals surface area contributed by atoms with Crippen LogP contribution < -0.4 is 0 Å². The second-order valence-corrected chi connectivity index (χ2v) is 4.05. The van der Waals surface area contributed by atoms with E-state index in [1.54, 1.807) is 0 Å². The molecular weight excluding hydrogens is 192 g/mol. The molecule has 0 aromatic carbocycles. The highest BCUT2D eigenvalue weighted by molar-refractivity contribution is 5.42. The lowest BCUT2D eigenvalue weighted by molar-refractivity contribution is 0.771. The van der Waals surface area contributed by atoms with E-state index in [-0.39, 0.29) is 0 Å². The lowest BCUT2D eigenvalue weighted by atomic mass is 9.90. The fourth-order valence-corrected chi connectivity index (χ4v) is 1.68. The van der Waals surface area contributed by atoms with Gasteiger partial charge in [-0.05, 0) is 32.3 Å². The van der Waals surface area contributed by atoms with Gasteiger partial charge in [-0.15, -0.1) is 13.2 Å². The molecule has 0 N–H and O–H groups in total. The van der Waals surface area contributed by atoms with Gasteiger partial charge in [0.2, 0.25) is 0 Å². The zero-order chi connectivity index (χ0) is 12.6. The Morgan fingerprint density at radius 2 is 1.88 bits per heavy atom. The maximum Gasteiger partial charge on any atom is 0.00148 e. The second kappa shape index (κ2) is 7.92. The highest BCUT2D eigenvalue weighted by Crippen LogP contribution is 2.24. The molecule has 0 heteroatoms. The van der Waals surface area contributed by atoms with E-state index in [0.717, 1.165) is 18.4 Å². The molecule has 16 heavy (non-hydrogen) atoms. The molecule has 0 aliphatic carbocycles. The summed E-state index contributed by atoms with van der Waals surface area (Å²) in [6, 6.07) is 0. The summed E-state index contributed by atoms with van der Waals surface area (Å²) in [6.45, 7) is 18.0. The first-order valence-corrected chi connectivity index (χ1v) is 5.85. The van der Waals surface area contributed by atoms with Gasteiger partial charge < -0.3 is 0 Å². The fourth-order valence-electron chi connectivity index (χ4n) is 1.68. The fraction of sp³-hybridized carbons (Fsp3) is 0.375. The summed E-state index contributed by atoms with van der Waals surface area (Å²) in [4.78, 5) is 0. The quantitative estimate of drug-likeness (QED) is 0.404. The van der Waals surface area contributed by atoms with Gasteiger partial charge in [0.25, 0.3) is 0 Å². The van der Waals surface area contributed by atoms with E-state index < -0.39 is 0 Å². The maximum absolute atomic E-state index is 4.04. The van der Waals surface area contributed by atoms with Crippen molar-refractivity contribution in [1.82, 2.24) is 0 Å². The molecule has 0 amide bonds. The molecular formula is C16H24. The third kappa shape index (κ3) is 4.48. The minimum Gasteiger partial charge on any atom is -0.103 e. The molecule has 0 aliphatic rings. The van der Waals surface area contributed by atoms with Crippen molar-refractivity contribution in [3.63, 3.8) is 0 Å². The Labute approximate surface area is 101 Å². The predicted molar refractivity (Wildman–Crippen MR) is 75.4 cm³/mol. The number of hydrogen-bond donors (Lipinski definition) is 0. The van der Waals surface area contributed by atoms with E-state index in [0.29, 0.717) is 5.92 Å². The molecule has 0 heterocycles. The summed E-state index contributed by atoms with van der Waals surface area (Å²) in [5.41, 5.74) is 3.68. The van der Waals surface area contributed by atoms with Crippen LogP contribution in [-0.2, 0) is 0 Å². The van der Waals surface area contributed by atoms with Gasteiger partial charge in [-0.1, -0.05) is 49.0 Å². The third-order valence-corrected chi connectivity index (χ3v) is 2.67. The average molecular weight is 216 g/mol. The van der Waals surface area contributed by atoms with Crippen molar-refractivity contribution in [2.24, 2.45) is 5.92 Å². The molecule has 0 radical (unpaired) electrons. The number of hydrogen-bond acceptors (Lipinski definition) is 0. The van der Waals surface area contributed by atoms with Gasteiger partial charge in [-0.3, -0.25) is 0 Å². The highest BCUT2D eigenvalue weighted by atomic mass is 14.1. The Hall–Kier alpha value is -1.30. The molecule has 0 spiro atoms. The second-order valence-electron chi connectivity index (χ2n) is 4.05. The summed E-state index contributed by atoms with van der Waals surface area (Å²) in [5.74, 6) is 0.366. The minimum atomic E-state index is 0.366. The Morgan fingerprint density at radius 1 is 1.25 bits per heavy atom. The highest BCUT2D eigenvalue weighted by Gasteiger charge is 2.09. The molecule has 0 saturated carbocycles. The van der Waals surface area contributed by atoms with Gasteiger partial charge in [-0.25, -0.2) is 0 Å². The van der Waals surface area contributed by atoms with Crippen molar-refractivity contribution >= 4 is 0 Å². The Kier molecular flexibility index (Phi) is 7.28. The summed E-state index contributed by atoms with van der Waals surface area (Å²) < 4.78 is 0. The Balaban J connectivity index is 5.21. The van der Waals surface area contributed by atoms with Gasteiger partial charge in [0.1, 0.15) is 0 Å². The number of allylic oxidation sites excluding steroid dienone is 7. The molecule has 0 aromatic rings. The van der Waals surface area contributed by atoms with E-state index in [1.807, 2.05) is 19.1 Å². The van der Waals surface area contributed by atoms with Crippen LogP contribution in [0.2, 0.25) is 0 Å². The molecule has 0 aliphatic heterocycles. The summed E-state index contributed by atoms with van der Waals surface area (Å²) >= 11 is 0. The molecule has 0 nitrogen and oxygen atoms in total. The van der Waals surface area contributed by atoms with Crippen molar-refractivity contribution < 1.29 is 0 Å². The van der Waals surface area contributed by atoms with Gasteiger partial charge >= 0.3 is 0 Å². The van der Waals surface area contributed by atoms with Crippen LogP contribution in [0.15, 0.2) is 60.8 Å². The van der Waals surface area contributed by atoms with Crippen LogP contribution in [0.1, 0.15) is 33.6 Å². The van der Waals surface area contributed by atoms with Gasteiger partial charge in [0.15, 0.2) is 0 Å². The zero-order valence-corrected chi connectivity index (χ0v) is 10.9. The van der Waals surface area contributed by atoms with Crippen LogP contribution in [0.4, 0.5) is 0 Å². The molecule has 0 rings (SSSR count). The van der Waals surface area contributed by atoms with Crippen LogP contribution >= 0.6 is 0 Å². The Morgan fingerprint density at radius 3 is 2.25 bits per heavy atom. The van der Waals surface area contributed by atoms with Crippen molar-refractivity contribution in [1.29, 1.82) is 0 Å². The van der Waals surface area contributed by atoms with E-state index in [9.17, 15) is 0 Å². The van der Waals surface area contributed by atoms with Crippen molar-refractivity contribution in [3.05, 3.63) is 60.8 Å². The third-order valence-electron chi connectivity index (χ3n) is 2.67. The summed E-state index contributed by atoms with van der Waals surface area (Å²) in [5, 5.41) is 0. The summed E-state index contributed by atoms with van der Waals surface area (Å²) in [7, 11) is 0. The smallest absolute Gasteiger partial charge is 0.00148 e. The predicted octanol–water partition coefficient (Wildman–Crippen LogP) is 5.22. The SMILES string of the molecule is C=CCC(C=C)C(C)=C(C=CCC)C(=C)C. The monoisotopic (exact) mass is 216 g/mol. The molecule has 0 fully saturated rings.